The number of aryl methyl sites for hydroxylation is 1. The van der Waals surface area contributed by atoms with Crippen LogP contribution in [0, 0.1) is 11.8 Å². The zero-order valence-electron chi connectivity index (χ0n) is 11.5. The van der Waals surface area contributed by atoms with Gasteiger partial charge < -0.3 is 5.32 Å². The minimum Gasteiger partial charge on any atom is -0.302 e. The number of nitrogens with zero attached hydrogens (tertiary/aromatic N) is 1. The molecule has 0 saturated carbocycles. The Morgan fingerprint density at radius 2 is 2.22 bits per heavy atom. The van der Waals surface area contributed by atoms with E-state index < -0.39 is 0 Å². The highest BCUT2D eigenvalue weighted by atomic mass is 32.1. The Labute approximate surface area is 113 Å². The van der Waals surface area contributed by atoms with E-state index in [2.05, 4.69) is 31.1 Å². The Morgan fingerprint density at radius 3 is 2.89 bits per heavy atom. The fourth-order valence-corrected chi connectivity index (χ4v) is 3.63. The van der Waals surface area contributed by atoms with Crippen molar-refractivity contribution in [1.82, 2.24) is 4.98 Å². The Morgan fingerprint density at radius 1 is 1.50 bits per heavy atom. The summed E-state index contributed by atoms with van der Waals surface area (Å²) < 4.78 is 0. The SMILES string of the molecule is CCC(CC)C(=O)Nc1nc2c(s1)C[C@@H](C)CC2. The number of rotatable bonds is 4. The van der Waals surface area contributed by atoms with Crippen LogP contribution in [0.5, 0.6) is 0 Å². The van der Waals surface area contributed by atoms with Crippen molar-refractivity contribution in [2.45, 2.75) is 52.9 Å². The van der Waals surface area contributed by atoms with Gasteiger partial charge in [0.05, 0.1) is 5.69 Å². The van der Waals surface area contributed by atoms with Crippen LogP contribution >= 0.6 is 11.3 Å². The molecule has 1 heterocycles. The highest BCUT2D eigenvalue weighted by Gasteiger charge is 2.21. The largest absolute Gasteiger partial charge is 0.302 e. The van der Waals surface area contributed by atoms with Gasteiger partial charge in [-0.1, -0.05) is 20.8 Å². The minimum atomic E-state index is 0.116. The van der Waals surface area contributed by atoms with Gasteiger partial charge in [-0.05, 0) is 38.0 Å². The summed E-state index contributed by atoms with van der Waals surface area (Å²) in [5, 5.41) is 3.78. The van der Waals surface area contributed by atoms with Gasteiger partial charge in [0, 0.05) is 10.8 Å². The maximum absolute atomic E-state index is 12.0. The van der Waals surface area contributed by atoms with Gasteiger partial charge in [-0.25, -0.2) is 4.98 Å². The third-order valence-corrected chi connectivity index (χ3v) is 4.81. The lowest BCUT2D eigenvalue weighted by atomic mass is 9.93. The van der Waals surface area contributed by atoms with Gasteiger partial charge in [-0.3, -0.25) is 4.79 Å². The average molecular weight is 266 g/mol. The highest BCUT2D eigenvalue weighted by molar-refractivity contribution is 7.15. The predicted octanol–water partition coefficient (Wildman–Crippen LogP) is 3.64. The molecule has 0 unspecified atom stereocenters. The van der Waals surface area contributed by atoms with Gasteiger partial charge in [0.15, 0.2) is 5.13 Å². The van der Waals surface area contributed by atoms with Crippen molar-refractivity contribution in [2.24, 2.45) is 11.8 Å². The van der Waals surface area contributed by atoms with Crippen molar-refractivity contribution in [3.05, 3.63) is 10.6 Å². The summed E-state index contributed by atoms with van der Waals surface area (Å²) in [6.07, 6.45) is 5.19. The number of hydrogen-bond acceptors (Lipinski definition) is 3. The second-order valence-electron chi connectivity index (χ2n) is 5.24. The third kappa shape index (κ3) is 2.91. The zero-order chi connectivity index (χ0) is 13.1. The minimum absolute atomic E-state index is 0.116. The molecule has 4 heteroatoms. The van der Waals surface area contributed by atoms with Crippen LogP contribution in [0.4, 0.5) is 5.13 Å². The van der Waals surface area contributed by atoms with Crippen molar-refractivity contribution in [3.63, 3.8) is 0 Å². The molecule has 0 bridgehead atoms. The fourth-order valence-electron chi connectivity index (χ4n) is 2.46. The molecule has 0 aromatic carbocycles. The van der Waals surface area contributed by atoms with Crippen molar-refractivity contribution < 1.29 is 4.79 Å². The monoisotopic (exact) mass is 266 g/mol. The summed E-state index contributed by atoms with van der Waals surface area (Å²) in [5.74, 6) is 0.990. The van der Waals surface area contributed by atoms with Crippen molar-refractivity contribution in [3.8, 4) is 0 Å². The molecule has 100 valence electrons. The van der Waals surface area contributed by atoms with Gasteiger partial charge in [0.2, 0.25) is 5.91 Å². The molecule has 1 aliphatic carbocycles. The van der Waals surface area contributed by atoms with Gasteiger partial charge in [-0.15, -0.1) is 11.3 Å². The second-order valence-corrected chi connectivity index (χ2v) is 6.32. The van der Waals surface area contributed by atoms with E-state index in [4.69, 9.17) is 0 Å². The summed E-state index contributed by atoms with van der Waals surface area (Å²) in [4.78, 5) is 17.9. The first-order valence-corrected chi connectivity index (χ1v) is 7.75. The quantitative estimate of drug-likeness (QED) is 0.904. The number of nitrogens with one attached hydrogen (secondary N) is 1. The second kappa shape index (κ2) is 5.83. The Kier molecular flexibility index (Phi) is 4.38. The van der Waals surface area contributed by atoms with Crippen LogP contribution in [0.3, 0.4) is 0 Å². The first-order chi connectivity index (χ1) is 8.63. The molecule has 1 amide bonds. The van der Waals surface area contributed by atoms with Crippen LogP contribution in [0.2, 0.25) is 0 Å². The maximum Gasteiger partial charge on any atom is 0.229 e. The number of amides is 1. The lowest BCUT2D eigenvalue weighted by Crippen LogP contribution is -2.21. The topological polar surface area (TPSA) is 42.0 Å². The molecule has 2 rings (SSSR count). The molecule has 1 aromatic heterocycles. The Bertz CT molecular complexity index is 423. The molecule has 1 aromatic rings. The molecule has 0 aliphatic heterocycles. The van der Waals surface area contributed by atoms with E-state index in [0.717, 1.165) is 36.7 Å². The van der Waals surface area contributed by atoms with Crippen LogP contribution in [-0.4, -0.2) is 10.9 Å². The highest BCUT2D eigenvalue weighted by Crippen LogP contribution is 2.32. The van der Waals surface area contributed by atoms with Crippen LogP contribution < -0.4 is 5.32 Å². The number of aromatic nitrogens is 1. The molecule has 3 nitrogen and oxygen atoms in total. The van der Waals surface area contributed by atoms with E-state index in [-0.39, 0.29) is 11.8 Å². The normalized spacial score (nSPS) is 18.8. The molecule has 0 fully saturated rings. The molecule has 1 aliphatic rings. The summed E-state index contributed by atoms with van der Waals surface area (Å²) >= 11 is 1.66. The predicted molar refractivity (Wildman–Crippen MR) is 76.0 cm³/mol. The first kappa shape index (κ1) is 13.5. The van der Waals surface area contributed by atoms with Crippen molar-refractivity contribution in [2.75, 3.05) is 5.32 Å². The fraction of sp³-hybridized carbons (Fsp3) is 0.714. The zero-order valence-corrected chi connectivity index (χ0v) is 12.3. The van der Waals surface area contributed by atoms with Gasteiger partial charge in [0.25, 0.3) is 0 Å². The molecule has 0 saturated heterocycles. The van der Waals surface area contributed by atoms with E-state index in [1.54, 1.807) is 11.3 Å². The number of fused-ring (bicyclic) bond motifs is 1. The van der Waals surface area contributed by atoms with E-state index in [1.807, 2.05) is 0 Å². The smallest absolute Gasteiger partial charge is 0.229 e. The molecule has 0 radical (unpaired) electrons. The van der Waals surface area contributed by atoms with Crippen LogP contribution in [0.25, 0.3) is 0 Å². The molecule has 1 N–H and O–H groups in total. The van der Waals surface area contributed by atoms with Crippen LogP contribution in [0.15, 0.2) is 0 Å². The Hall–Kier alpha value is -0.900. The lowest BCUT2D eigenvalue weighted by Gasteiger charge is -2.15. The number of carbonyl (C=O) groups is 1. The summed E-state index contributed by atoms with van der Waals surface area (Å²) in [6.45, 7) is 6.40. The molecule has 0 spiro atoms. The van der Waals surface area contributed by atoms with Gasteiger partial charge in [0.1, 0.15) is 0 Å². The molecule has 18 heavy (non-hydrogen) atoms. The summed E-state index contributed by atoms with van der Waals surface area (Å²) in [7, 11) is 0. The summed E-state index contributed by atoms with van der Waals surface area (Å²) in [5.41, 5.74) is 1.21. The van der Waals surface area contributed by atoms with Gasteiger partial charge in [-0.2, -0.15) is 0 Å². The van der Waals surface area contributed by atoms with Gasteiger partial charge >= 0.3 is 0 Å². The Balaban J connectivity index is 2.04. The van der Waals surface area contributed by atoms with Crippen molar-refractivity contribution >= 4 is 22.4 Å². The number of anilines is 1. The van der Waals surface area contributed by atoms with Crippen molar-refractivity contribution in [1.29, 1.82) is 0 Å². The van der Waals surface area contributed by atoms with Crippen LogP contribution in [-0.2, 0) is 17.6 Å². The molecular weight excluding hydrogens is 244 g/mol. The standard InChI is InChI=1S/C14H22N2OS/c1-4-10(5-2)13(17)16-14-15-11-7-6-9(3)8-12(11)18-14/h9-10H,4-8H2,1-3H3,(H,15,16,17)/t9-/m0/s1. The third-order valence-electron chi connectivity index (χ3n) is 3.77. The molecule has 1 atom stereocenters. The number of carbonyl (C=O) groups excluding carboxylic acids is 1. The lowest BCUT2D eigenvalue weighted by molar-refractivity contribution is -0.120. The maximum atomic E-state index is 12.0. The van der Waals surface area contributed by atoms with E-state index >= 15 is 0 Å². The first-order valence-electron chi connectivity index (χ1n) is 6.93. The van der Waals surface area contributed by atoms with E-state index in [0.29, 0.717) is 0 Å². The number of hydrogen-bond donors (Lipinski definition) is 1. The van der Waals surface area contributed by atoms with E-state index in [1.165, 1.54) is 17.0 Å². The number of thiazole rings is 1. The average Bonchev–Trinajstić information content (AvgIpc) is 2.71. The van der Waals surface area contributed by atoms with Crippen LogP contribution in [0.1, 0.15) is 50.6 Å². The summed E-state index contributed by atoms with van der Waals surface area (Å²) in [6, 6.07) is 0. The molecular formula is C14H22N2OS. The van der Waals surface area contributed by atoms with E-state index in [9.17, 15) is 4.79 Å².